The predicted octanol–water partition coefficient (Wildman–Crippen LogP) is 3.27. The number of carbonyl (C=O) groups excluding carboxylic acids is 1. The maximum atomic E-state index is 11.7. The first-order valence-electron chi connectivity index (χ1n) is 5.87. The second-order valence-electron chi connectivity index (χ2n) is 5.12. The van der Waals surface area contributed by atoms with Crippen molar-refractivity contribution in [2.75, 3.05) is 6.61 Å². The van der Waals surface area contributed by atoms with E-state index in [1.54, 1.807) is 18.2 Å². The molecule has 7 heteroatoms. The van der Waals surface area contributed by atoms with Gasteiger partial charge in [-0.05, 0) is 51.2 Å². The summed E-state index contributed by atoms with van der Waals surface area (Å²) in [5.74, 6) is 0.102. The highest BCUT2D eigenvalue weighted by Gasteiger charge is 2.13. The zero-order valence-corrected chi connectivity index (χ0v) is 14.6. The van der Waals surface area contributed by atoms with E-state index in [9.17, 15) is 4.79 Å². The van der Waals surface area contributed by atoms with Crippen molar-refractivity contribution in [1.29, 1.82) is 0 Å². The van der Waals surface area contributed by atoms with Crippen LogP contribution in [0.5, 0.6) is 5.75 Å². The Kier molecular flexibility index (Phi) is 6.23. The maximum Gasteiger partial charge on any atom is 0.264 e. The summed E-state index contributed by atoms with van der Waals surface area (Å²) in [7, 11) is 0. The number of nitrogens with one attached hydrogen (secondary N) is 2. The van der Waals surface area contributed by atoms with Crippen molar-refractivity contribution in [2.24, 2.45) is 0 Å². The summed E-state index contributed by atoms with van der Waals surface area (Å²) in [5, 5.41) is 6.22. The Bertz CT molecular complexity index is 518. The number of hydrogen-bond acceptors (Lipinski definition) is 3. The van der Waals surface area contributed by atoms with Gasteiger partial charge >= 0.3 is 0 Å². The van der Waals surface area contributed by atoms with Gasteiger partial charge in [0.2, 0.25) is 0 Å². The largest absolute Gasteiger partial charge is 0.482 e. The molecule has 0 aliphatic carbocycles. The van der Waals surface area contributed by atoms with Crippen LogP contribution in [-0.4, -0.2) is 23.2 Å². The smallest absolute Gasteiger partial charge is 0.264 e. The molecule has 0 aliphatic heterocycles. The lowest BCUT2D eigenvalue weighted by molar-refractivity contribution is -0.121. The van der Waals surface area contributed by atoms with Crippen LogP contribution in [0.2, 0.25) is 5.02 Å². The number of rotatable bonds is 3. The summed E-state index contributed by atoms with van der Waals surface area (Å²) >= 11 is 14.3. The number of benzene rings is 1. The minimum Gasteiger partial charge on any atom is -0.482 e. The van der Waals surface area contributed by atoms with E-state index in [2.05, 4.69) is 26.6 Å². The lowest BCUT2D eigenvalue weighted by atomic mass is 10.1. The van der Waals surface area contributed by atoms with E-state index >= 15 is 0 Å². The van der Waals surface area contributed by atoms with Crippen LogP contribution in [0.4, 0.5) is 0 Å². The number of halogens is 2. The Morgan fingerprint density at radius 1 is 1.45 bits per heavy atom. The lowest BCUT2D eigenvalue weighted by Crippen LogP contribution is -2.49. The van der Waals surface area contributed by atoms with Gasteiger partial charge in [0.05, 0.1) is 5.02 Å². The van der Waals surface area contributed by atoms with Crippen LogP contribution in [-0.2, 0) is 4.79 Å². The van der Waals surface area contributed by atoms with Crippen molar-refractivity contribution in [3.05, 3.63) is 27.7 Å². The molecule has 4 nitrogen and oxygen atoms in total. The molecule has 0 saturated carbocycles. The van der Waals surface area contributed by atoms with Gasteiger partial charge in [0.25, 0.3) is 5.91 Å². The third kappa shape index (κ3) is 6.54. The Labute approximate surface area is 137 Å². The Hall–Kier alpha value is -0.850. The number of ether oxygens (including phenoxy) is 1. The molecule has 110 valence electrons. The fourth-order valence-electron chi connectivity index (χ4n) is 1.27. The van der Waals surface area contributed by atoms with Crippen molar-refractivity contribution >= 4 is 50.8 Å². The summed E-state index contributed by atoms with van der Waals surface area (Å²) < 4.78 is 6.17. The fraction of sp³-hybridized carbons (Fsp3) is 0.385. The van der Waals surface area contributed by atoms with Crippen LogP contribution in [0, 0.1) is 0 Å². The summed E-state index contributed by atoms with van der Waals surface area (Å²) in [6.07, 6.45) is 0. The molecule has 0 spiro atoms. The average molecular weight is 380 g/mol. The average Bonchev–Trinajstić information content (AvgIpc) is 2.24. The van der Waals surface area contributed by atoms with Gasteiger partial charge in [0.15, 0.2) is 11.7 Å². The molecule has 0 radical (unpaired) electrons. The third-order valence-electron chi connectivity index (χ3n) is 1.99. The quantitative estimate of drug-likeness (QED) is 0.792. The highest BCUT2D eigenvalue weighted by molar-refractivity contribution is 9.10. The number of thiocarbonyl (C=S) groups is 1. The molecule has 0 bridgehead atoms. The third-order valence-corrected chi connectivity index (χ3v) is 2.99. The second-order valence-corrected chi connectivity index (χ2v) is 6.85. The molecule has 0 aliphatic rings. The van der Waals surface area contributed by atoms with E-state index < -0.39 is 0 Å². The Morgan fingerprint density at radius 3 is 2.65 bits per heavy atom. The molecule has 1 amide bonds. The molecule has 1 aromatic rings. The fourth-order valence-corrected chi connectivity index (χ4v) is 2.42. The Balaban J connectivity index is 2.46. The summed E-state index contributed by atoms with van der Waals surface area (Å²) in [6.45, 7) is 5.68. The van der Waals surface area contributed by atoms with E-state index in [4.69, 9.17) is 28.6 Å². The minimum atomic E-state index is -0.342. The lowest BCUT2D eigenvalue weighted by Gasteiger charge is -2.22. The molecule has 20 heavy (non-hydrogen) atoms. The molecule has 2 N–H and O–H groups in total. The van der Waals surface area contributed by atoms with Gasteiger partial charge in [0.1, 0.15) is 5.75 Å². The van der Waals surface area contributed by atoms with Crippen molar-refractivity contribution < 1.29 is 9.53 Å². The van der Waals surface area contributed by atoms with Crippen LogP contribution >= 0.6 is 39.7 Å². The van der Waals surface area contributed by atoms with Crippen molar-refractivity contribution in [3.8, 4) is 5.75 Å². The van der Waals surface area contributed by atoms with Gasteiger partial charge < -0.3 is 15.4 Å². The zero-order chi connectivity index (χ0) is 15.3. The molecule has 0 fully saturated rings. The topological polar surface area (TPSA) is 50.4 Å². The van der Waals surface area contributed by atoms with Crippen LogP contribution in [0.1, 0.15) is 20.8 Å². The predicted molar refractivity (Wildman–Crippen MR) is 88.3 cm³/mol. The van der Waals surface area contributed by atoms with Crippen molar-refractivity contribution in [3.63, 3.8) is 0 Å². The van der Waals surface area contributed by atoms with Gasteiger partial charge in [-0.1, -0.05) is 27.5 Å². The molecule has 1 aromatic carbocycles. The van der Waals surface area contributed by atoms with Crippen molar-refractivity contribution in [1.82, 2.24) is 10.6 Å². The van der Waals surface area contributed by atoms with Gasteiger partial charge in [-0.25, -0.2) is 0 Å². The van der Waals surface area contributed by atoms with Crippen LogP contribution in [0.3, 0.4) is 0 Å². The van der Waals surface area contributed by atoms with Gasteiger partial charge in [-0.3, -0.25) is 4.79 Å². The van der Waals surface area contributed by atoms with E-state index in [0.717, 1.165) is 4.47 Å². The Morgan fingerprint density at radius 2 is 2.10 bits per heavy atom. The standard InChI is InChI=1S/C13H16BrClN2O2S/c1-13(2,3)17-12(20)16-11(18)7-19-10-5-4-8(14)6-9(10)15/h4-6H,7H2,1-3H3,(H2,16,17,18,20). The molecular formula is C13H16BrClN2O2S. The zero-order valence-electron chi connectivity index (χ0n) is 11.4. The van der Waals surface area contributed by atoms with E-state index in [-0.39, 0.29) is 23.2 Å². The van der Waals surface area contributed by atoms with Crippen molar-refractivity contribution in [2.45, 2.75) is 26.3 Å². The summed E-state index contributed by atoms with van der Waals surface area (Å²) in [6, 6.07) is 5.16. The van der Waals surface area contributed by atoms with E-state index in [1.165, 1.54) is 0 Å². The maximum absolute atomic E-state index is 11.7. The number of amides is 1. The summed E-state index contributed by atoms with van der Waals surface area (Å²) in [5.41, 5.74) is -0.208. The van der Waals surface area contributed by atoms with Crippen LogP contribution in [0.25, 0.3) is 0 Å². The first kappa shape index (κ1) is 17.2. The highest BCUT2D eigenvalue weighted by atomic mass is 79.9. The molecular weight excluding hydrogens is 364 g/mol. The molecule has 0 aromatic heterocycles. The normalized spacial score (nSPS) is 10.8. The number of hydrogen-bond donors (Lipinski definition) is 2. The SMILES string of the molecule is CC(C)(C)NC(=S)NC(=O)COc1ccc(Br)cc1Cl. The molecule has 0 unspecified atom stereocenters. The molecule has 0 saturated heterocycles. The highest BCUT2D eigenvalue weighted by Crippen LogP contribution is 2.27. The van der Waals surface area contributed by atoms with E-state index in [0.29, 0.717) is 10.8 Å². The molecule has 1 rings (SSSR count). The second kappa shape index (κ2) is 7.24. The van der Waals surface area contributed by atoms with Gasteiger partial charge in [-0.15, -0.1) is 0 Å². The van der Waals surface area contributed by atoms with Gasteiger partial charge in [-0.2, -0.15) is 0 Å². The number of carbonyl (C=O) groups is 1. The molecule has 0 heterocycles. The van der Waals surface area contributed by atoms with Crippen LogP contribution in [0.15, 0.2) is 22.7 Å². The first-order valence-corrected chi connectivity index (χ1v) is 7.45. The first-order chi connectivity index (χ1) is 9.17. The molecule has 0 atom stereocenters. The van der Waals surface area contributed by atoms with E-state index in [1.807, 2.05) is 20.8 Å². The van der Waals surface area contributed by atoms with Gasteiger partial charge in [0, 0.05) is 10.0 Å². The minimum absolute atomic E-state index is 0.159. The van der Waals surface area contributed by atoms with Crippen LogP contribution < -0.4 is 15.4 Å². The monoisotopic (exact) mass is 378 g/mol. The summed E-state index contributed by atoms with van der Waals surface area (Å²) in [4.78, 5) is 11.7.